The fraction of sp³-hybridized carbons (Fsp3) is 0.571. The third-order valence-electron chi connectivity index (χ3n) is 3.07. The molecule has 0 amide bonds. The van der Waals surface area contributed by atoms with E-state index >= 15 is 0 Å². The highest BCUT2D eigenvalue weighted by Crippen LogP contribution is 2.28. The summed E-state index contributed by atoms with van der Waals surface area (Å²) in [6.45, 7) is 7.77. The molecule has 0 fully saturated rings. The number of halogens is 1. The van der Waals surface area contributed by atoms with Gasteiger partial charge < -0.3 is 5.32 Å². The number of benzene rings is 1. The third kappa shape index (κ3) is 3.60. The minimum absolute atomic E-state index is 0.551. The van der Waals surface area contributed by atoms with E-state index in [0.29, 0.717) is 12.0 Å². The van der Waals surface area contributed by atoms with Gasteiger partial charge in [0.25, 0.3) is 0 Å². The van der Waals surface area contributed by atoms with E-state index < -0.39 is 0 Å². The van der Waals surface area contributed by atoms with Gasteiger partial charge >= 0.3 is 0 Å². The second-order valence-corrected chi connectivity index (χ2v) is 5.12. The first-order valence-corrected chi connectivity index (χ1v) is 6.97. The predicted octanol–water partition coefficient (Wildman–Crippen LogP) is 4.33. The first-order chi connectivity index (χ1) is 7.70. The predicted molar refractivity (Wildman–Crippen MR) is 74.9 cm³/mol. The topological polar surface area (TPSA) is 12.0 Å². The first-order valence-electron chi connectivity index (χ1n) is 6.18. The summed E-state index contributed by atoms with van der Waals surface area (Å²) in [5, 5.41) is 3.59. The summed E-state index contributed by atoms with van der Waals surface area (Å²) in [4.78, 5) is 0. The average molecular weight is 284 g/mol. The molecular formula is C14H22BrN. The summed E-state index contributed by atoms with van der Waals surface area (Å²) >= 11 is 3.64. The van der Waals surface area contributed by atoms with E-state index in [1.807, 2.05) is 0 Å². The van der Waals surface area contributed by atoms with Gasteiger partial charge in [-0.1, -0.05) is 61.3 Å². The summed E-state index contributed by atoms with van der Waals surface area (Å²) in [6, 6.07) is 9.11. The monoisotopic (exact) mass is 283 g/mol. The van der Waals surface area contributed by atoms with E-state index in [1.54, 1.807) is 0 Å². The van der Waals surface area contributed by atoms with Crippen LogP contribution in [0.4, 0.5) is 0 Å². The summed E-state index contributed by atoms with van der Waals surface area (Å²) in [5.41, 5.74) is 1.40. The van der Waals surface area contributed by atoms with E-state index in [9.17, 15) is 0 Å². The minimum Gasteiger partial charge on any atom is -0.314 e. The molecule has 2 heteroatoms. The van der Waals surface area contributed by atoms with Crippen molar-refractivity contribution in [1.82, 2.24) is 5.32 Å². The normalized spacial score (nSPS) is 14.8. The second-order valence-electron chi connectivity index (χ2n) is 4.26. The first kappa shape index (κ1) is 13.7. The van der Waals surface area contributed by atoms with Gasteiger partial charge in [-0.2, -0.15) is 0 Å². The molecule has 0 saturated heterocycles. The van der Waals surface area contributed by atoms with Crippen molar-refractivity contribution in [3.05, 3.63) is 34.3 Å². The molecule has 0 radical (unpaired) electrons. The maximum absolute atomic E-state index is 3.64. The van der Waals surface area contributed by atoms with Gasteiger partial charge in [-0.25, -0.2) is 0 Å². The lowest BCUT2D eigenvalue weighted by Gasteiger charge is -2.25. The van der Waals surface area contributed by atoms with Crippen LogP contribution >= 0.6 is 15.9 Å². The molecule has 1 rings (SSSR count). The van der Waals surface area contributed by atoms with Crippen LogP contribution < -0.4 is 5.32 Å². The van der Waals surface area contributed by atoms with Crippen molar-refractivity contribution in [2.75, 3.05) is 6.54 Å². The Balaban J connectivity index is 2.81. The van der Waals surface area contributed by atoms with Crippen LogP contribution in [-0.4, -0.2) is 12.6 Å². The Kier molecular flexibility index (Phi) is 6.07. The van der Waals surface area contributed by atoms with Gasteiger partial charge in [-0.15, -0.1) is 0 Å². The number of rotatable bonds is 6. The Labute approximate surface area is 108 Å². The molecule has 0 heterocycles. The highest BCUT2D eigenvalue weighted by molar-refractivity contribution is 9.10. The van der Waals surface area contributed by atoms with Gasteiger partial charge in [-0.05, 0) is 30.5 Å². The Morgan fingerprint density at radius 3 is 2.50 bits per heavy atom. The van der Waals surface area contributed by atoms with Gasteiger partial charge in [0.2, 0.25) is 0 Å². The molecule has 0 saturated carbocycles. The van der Waals surface area contributed by atoms with Crippen molar-refractivity contribution in [2.24, 2.45) is 0 Å². The zero-order chi connectivity index (χ0) is 12.0. The molecule has 0 aliphatic rings. The van der Waals surface area contributed by atoms with Crippen LogP contribution in [0.25, 0.3) is 0 Å². The summed E-state index contributed by atoms with van der Waals surface area (Å²) < 4.78 is 1.22. The molecule has 0 aromatic heterocycles. The summed E-state index contributed by atoms with van der Waals surface area (Å²) in [7, 11) is 0. The van der Waals surface area contributed by atoms with Crippen LogP contribution in [-0.2, 0) is 0 Å². The lowest BCUT2D eigenvalue weighted by atomic mass is 9.90. The number of hydrogen-bond donors (Lipinski definition) is 1. The van der Waals surface area contributed by atoms with Crippen LogP contribution in [0.2, 0.25) is 0 Å². The maximum Gasteiger partial charge on any atom is 0.0210 e. The molecule has 1 aromatic carbocycles. The fourth-order valence-electron chi connectivity index (χ4n) is 2.16. The zero-order valence-electron chi connectivity index (χ0n) is 10.5. The smallest absolute Gasteiger partial charge is 0.0210 e. The van der Waals surface area contributed by atoms with Gasteiger partial charge in [0, 0.05) is 10.5 Å². The SMILES string of the molecule is CCCC(NCC)C(C)c1ccccc1Br. The Bertz CT molecular complexity index is 305. The number of likely N-dealkylation sites (N-methyl/N-ethyl adjacent to an activating group) is 1. The zero-order valence-corrected chi connectivity index (χ0v) is 12.0. The van der Waals surface area contributed by atoms with Crippen molar-refractivity contribution in [1.29, 1.82) is 0 Å². The van der Waals surface area contributed by atoms with Crippen LogP contribution in [0, 0.1) is 0 Å². The fourth-order valence-corrected chi connectivity index (χ4v) is 2.81. The quantitative estimate of drug-likeness (QED) is 0.819. The minimum atomic E-state index is 0.551. The lowest BCUT2D eigenvalue weighted by molar-refractivity contribution is 0.429. The van der Waals surface area contributed by atoms with Crippen molar-refractivity contribution in [2.45, 2.75) is 45.6 Å². The van der Waals surface area contributed by atoms with Gasteiger partial charge in [-0.3, -0.25) is 0 Å². The van der Waals surface area contributed by atoms with E-state index in [1.165, 1.54) is 22.9 Å². The molecule has 0 bridgehead atoms. The van der Waals surface area contributed by atoms with Crippen molar-refractivity contribution >= 4 is 15.9 Å². The summed E-state index contributed by atoms with van der Waals surface area (Å²) in [6.07, 6.45) is 2.46. The number of nitrogens with one attached hydrogen (secondary N) is 1. The van der Waals surface area contributed by atoms with E-state index in [0.717, 1.165) is 6.54 Å². The van der Waals surface area contributed by atoms with Crippen molar-refractivity contribution in [3.63, 3.8) is 0 Å². The molecule has 16 heavy (non-hydrogen) atoms. The van der Waals surface area contributed by atoms with Crippen LogP contribution in [0.1, 0.15) is 45.1 Å². The molecule has 0 spiro atoms. The number of hydrogen-bond acceptors (Lipinski definition) is 1. The maximum atomic E-state index is 3.64. The molecule has 0 aliphatic carbocycles. The van der Waals surface area contributed by atoms with Gasteiger partial charge in [0.15, 0.2) is 0 Å². The van der Waals surface area contributed by atoms with Crippen LogP contribution in [0.5, 0.6) is 0 Å². The molecule has 0 aliphatic heterocycles. The molecule has 1 aromatic rings. The molecular weight excluding hydrogens is 262 g/mol. The Morgan fingerprint density at radius 1 is 1.25 bits per heavy atom. The van der Waals surface area contributed by atoms with E-state index in [-0.39, 0.29) is 0 Å². The van der Waals surface area contributed by atoms with Crippen LogP contribution in [0.3, 0.4) is 0 Å². The summed E-state index contributed by atoms with van der Waals surface area (Å²) in [5.74, 6) is 0.551. The molecule has 1 nitrogen and oxygen atoms in total. The standard InChI is InChI=1S/C14H22BrN/c1-4-8-14(16-5-2)11(3)12-9-6-7-10-13(12)15/h6-7,9-11,14,16H,4-5,8H2,1-3H3. The van der Waals surface area contributed by atoms with E-state index in [4.69, 9.17) is 0 Å². The van der Waals surface area contributed by atoms with Crippen molar-refractivity contribution in [3.8, 4) is 0 Å². The molecule has 2 unspecified atom stereocenters. The van der Waals surface area contributed by atoms with Crippen LogP contribution in [0.15, 0.2) is 28.7 Å². The highest BCUT2D eigenvalue weighted by Gasteiger charge is 2.18. The lowest BCUT2D eigenvalue weighted by Crippen LogP contribution is -2.33. The highest BCUT2D eigenvalue weighted by atomic mass is 79.9. The van der Waals surface area contributed by atoms with E-state index in [2.05, 4.69) is 66.3 Å². The molecule has 2 atom stereocenters. The van der Waals surface area contributed by atoms with Crippen molar-refractivity contribution < 1.29 is 0 Å². The molecule has 1 N–H and O–H groups in total. The molecule has 90 valence electrons. The largest absolute Gasteiger partial charge is 0.314 e. The van der Waals surface area contributed by atoms with Gasteiger partial charge in [0.1, 0.15) is 0 Å². The second kappa shape index (κ2) is 7.08. The van der Waals surface area contributed by atoms with Gasteiger partial charge in [0.05, 0.1) is 0 Å². The Hall–Kier alpha value is -0.340. The average Bonchev–Trinajstić information content (AvgIpc) is 2.28. The Morgan fingerprint density at radius 2 is 1.94 bits per heavy atom. The third-order valence-corrected chi connectivity index (χ3v) is 3.79.